The second-order valence-electron chi connectivity index (χ2n) is 18.6. The number of rotatable bonds is 48. The second-order valence-corrected chi connectivity index (χ2v) is 20.0. The van der Waals surface area contributed by atoms with Crippen molar-refractivity contribution in [2.24, 2.45) is 0 Å². The highest BCUT2D eigenvalue weighted by Crippen LogP contribution is 2.43. The molecule has 348 valence electrons. The van der Waals surface area contributed by atoms with Crippen molar-refractivity contribution in [2.75, 3.05) is 54.1 Å². The van der Waals surface area contributed by atoms with E-state index in [1.54, 1.807) is 0 Å². The van der Waals surface area contributed by atoms with E-state index in [0.717, 1.165) is 32.1 Å². The number of hydrogen-bond acceptors (Lipinski definition) is 6. The molecule has 1 N–H and O–H groups in total. The lowest BCUT2D eigenvalue weighted by Crippen LogP contribution is -2.37. The molecule has 0 aromatic heterocycles. The first-order valence-electron chi connectivity index (χ1n) is 25.3. The van der Waals surface area contributed by atoms with Crippen molar-refractivity contribution in [2.45, 2.75) is 258 Å². The first kappa shape index (κ1) is 57.5. The Morgan fingerprint density at radius 1 is 0.466 bits per heavy atom. The van der Waals surface area contributed by atoms with Crippen LogP contribution >= 0.6 is 7.82 Å². The number of likely N-dealkylation sites (N-methyl/N-ethyl adjacent to an activating group) is 1. The van der Waals surface area contributed by atoms with Crippen LogP contribution in [-0.2, 0) is 27.9 Å². The van der Waals surface area contributed by atoms with Gasteiger partial charge >= 0.3 is 13.8 Å². The fourth-order valence-corrected chi connectivity index (χ4v) is 8.24. The monoisotopic (exact) mass is 847 g/mol. The lowest BCUT2D eigenvalue weighted by molar-refractivity contribution is -0.870. The quantitative estimate of drug-likeness (QED) is 0.0282. The number of esters is 1. The van der Waals surface area contributed by atoms with Gasteiger partial charge in [-0.3, -0.25) is 13.8 Å². The number of hydrogen-bond donors (Lipinski definition) is 1. The van der Waals surface area contributed by atoms with E-state index in [1.807, 2.05) is 21.1 Å². The maximum atomic E-state index is 12.7. The summed E-state index contributed by atoms with van der Waals surface area (Å²) < 4.78 is 35.1. The maximum Gasteiger partial charge on any atom is 0.472 e. The number of quaternary nitrogens is 1. The van der Waals surface area contributed by atoms with E-state index in [0.29, 0.717) is 24.1 Å². The molecule has 0 aliphatic carbocycles. The molecule has 2 atom stereocenters. The molecule has 2 unspecified atom stereocenters. The number of ether oxygens (including phenoxy) is 2. The summed E-state index contributed by atoms with van der Waals surface area (Å²) in [4.78, 5) is 23.0. The zero-order valence-corrected chi connectivity index (χ0v) is 40.5. The molecule has 0 bridgehead atoms. The lowest BCUT2D eigenvalue weighted by atomic mass is 10.0. The Labute approximate surface area is 361 Å². The minimum atomic E-state index is -4.27. The Morgan fingerprint density at radius 2 is 0.793 bits per heavy atom. The van der Waals surface area contributed by atoms with Crippen molar-refractivity contribution in [3.63, 3.8) is 0 Å². The van der Waals surface area contributed by atoms with Gasteiger partial charge in [-0.25, -0.2) is 4.57 Å². The molecular weight excluding hydrogens is 746 g/mol. The van der Waals surface area contributed by atoms with Crippen LogP contribution in [-0.4, -0.2) is 75.6 Å². The number of unbranched alkanes of at least 4 members (excludes halogenated alkanes) is 34. The number of phosphoric acid groups is 1. The molecule has 0 radical (unpaired) electrons. The van der Waals surface area contributed by atoms with Crippen molar-refractivity contribution in [1.82, 2.24) is 0 Å². The zero-order chi connectivity index (χ0) is 42.7. The Morgan fingerprint density at radius 3 is 1.14 bits per heavy atom. The standard InChI is InChI=1S/C49H100NO7P/c1-6-8-10-12-14-16-18-20-22-23-24-25-26-27-29-31-33-35-37-39-41-44-54-46-48(47-56-58(52,53)55-45-43-50(3,4)5)57-49(51)42-40-38-36-34-32-30-28-21-19-17-15-13-11-9-7-2/h48H,6-47H2,1-5H3/p+1. The van der Waals surface area contributed by atoms with Crippen LogP contribution in [0.5, 0.6) is 0 Å². The van der Waals surface area contributed by atoms with Crippen LogP contribution in [0.3, 0.4) is 0 Å². The average molecular weight is 847 g/mol. The van der Waals surface area contributed by atoms with Gasteiger partial charge in [0.1, 0.15) is 19.3 Å². The van der Waals surface area contributed by atoms with Crippen molar-refractivity contribution in [1.29, 1.82) is 0 Å². The van der Waals surface area contributed by atoms with Gasteiger partial charge in [0.15, 0.2) is 0 Å². The van der Waals surface area contributed by atoms with Gasteiger partial charge in [0.05, 0.1) is 34.4 Å². The van der Waals surface area contributed by atoms with E-state index in [9.17, 15) is 14.3 Å². The molecule has 0 spiro atoms. The normalized spacial score (nSPS) is 13.6. The predicted molar refractivity (Wildman–Crippen MR) is 248 cm³/mol. The Bertz CT molecular complexity index is 899. The molecule has 0 saturated carbocycles. The summed E-state index contributed by atoms with van der Waals surface area (Å²) in [6.45, 7) is 5.70. The number of nitrogens with zero attached hydrogens (tertiary/aromatic N) is 1. The average Bonchev–Trinajstić information content (AvgIpc) is 3.18. The van der Waals surface area contributed by atoms with Gasteiger partial charge in [0.25, 0.3) is 0 Å². The zero-order valence-electron chi connectivity index (χ0n) is 39.6. The Kier molecular flexibility index (Phi) is 42.8. The summed E-state index contributed by atoms with van der Waals surface area (Å²) in [5, 5.41) is 0. The molecule has 0 amide bonds. The molecule has 9 heteroatoms. The molecule has 58 heavy (non-hydrogen) atoms. The summed E-state index contributed by atoms with van der Waals surface area (Å²) >= 11 is 0. The highest BCUT2D eigenvalue weighted by molar-refractivity contribution is 7.47. The Hall–Kier alpha value is -0.500. The highest BCUT2D eigenvalue weighted by Gasteiger charge is 2.26. The predicted octanol–water partition coefficient (Wildman–Crippen LogP) is 15.2. The van der Waals surface area contributed by atoms with Crippen LogP contribution < -0.4 is 0 Å². The van der Waals surface area contributed by atoms with Crippen molar-refractivity contribution >= 4 is 13.8 Å². The van der Waals surface area contributed by atoms with E-state index >= 15 is 0 Å². The molecule has 0 fully saturated rings. The van der Waals surface area contributed by atoms with Gasteiger partial charge in [-0.05, 0) is 12.8 Å². The molecular formula is C49H101NO7P+. The van der Waals surface area contributed by atoms with Crippen LogP contribution in [0.4, 0.5) is 0 Å². The van der Waals surface area contributed by atoms with Gasteiger partial charge in [0.2, 0.25) is 0 Å². The molecule has 0 heterocycles. The first-order valence-corrected chi connectivity index (χ1v) is 26.8. The van der Waals surface area contributed by atoms with E-state index < -0.39 is 13.9 Å². The van der Waals surface area contributed by atoms with Crippen molar-refractivity contribution in [3.8, 4) is 0 Å². The highest BCUT2D eigenvalue weighted by atomic mass is 31.2. The summed E-state index contributed by atoms with van der Waals surface area (Å²) in [5.41, 5.74) is 0. The molecule has 0 aliphatic rings. The van der Waals surface area contributed by atoms with Gasteiger partial charge in [-0.15, -0.1) is 0 Å². The van der Waals surface area contributed by atoms with Gasteiger partial charge in [-0.2, -0.15) is 0 Å². The fourth-order valence-electron chi connectivity index (χ4n) is 7.50. The lowest BCUT2D eigenvalue weighted by Gasteiger charge is -2.24. The third-order valence-electron chi connectivity index (χ3n) is 11.4. The van der Waals surface area contributed by atoms with E-state index in [1.165, 1.54) is 199 Å². The molecule has 8 nitrogen and oxygen atoms in total. The van der Waals surface area contributed by atoms with Crippen LogP contribution in [0.25, 0.3) is 0 Å². The van der Waals surface area contributed by atoms with Gasteiger partial charge < -0.3 is 18.9 Å². The van der Waals surface area contributed by atoms with Crippen LogP contribution in [0.15, 0.2) is 0 Å². The largest absolute Gasteiger partial charge is 0.472 e. The molecule has 0 rings (SSSR count). The molecule has 0 aliphatic heterocycles. The topological polar surface area (TPSA) is 91.3 Å². The van der Waals surface area contributed by atoms with Crippen LogP contribution in [0, 0.1) is 0 Å². The van der Waals surface area contributed by atoms with Crippen LogP contribution in [0.2, 0.25) is 0 Å². The second kappa shape index (κ2) is 43.2. The number of carbonyl (C=O) groups excluding carboxylic acids is 1. The maximum absolute atomic E-state index is 12.7. The smallest absolute Gasteiger partial charge is 0.457 e. The molecule has 0 aromatic carbocycles. The SMILES string of the molecule is CCCCCCCCCCCCCCCCCCCCCCCOCC(COP(=O)(O)OCC[N+](C)(C)C)OC(=O)CCCCCCCCCCCCCCCCC. The first-order chi connectivity index (χ1) is 28.1. The van der Waals surface area contributed by atoms with E-state index in [2.05, 4.69) is 13.8 Å². The van der Waals surface area contributed by atoms with E-state index in [4.69, 9.17) is 18.5 Å². The summed E-state index contributed by atoms with van der Waals surface area (Å²) in [6, 6.07) is 0. The minimum Gasteiger partial charge on any atom is -0.457 e. The van der Waals surface area contributed by atoms with Crippen LogP contribution in [0.1, 0.15) is 251 Å². The number of carbonyl (C=O) groups is 1. The van der Waals surface area contributed by atoms with Gasteiger partial charge in [0, 0.05) is 13.0 Å². The third kappa shape index (κ3) is 46.6. The molecule has 0 saturated heterocycles. The number of phosphoric ester groups is 1. The van der Waals surface area contributed by atoms with Gasteiger partial charge in [-0.1, -0.05) is 232 Å². The van der Waals surface area contributed by atoms with Crippen molar-refractivity contribution in [3.05, 3.63) is 0 Å². The summed E-state index contributed by atoms with van der Waals surface area (Å²) in [5.74, 6) is -0.306. The molecule has 0 aromatic rings. The van der Waals surface area contributed by atoms with E-state index in [-0.39, 0.29) is 25.8 Å². The summed E-state index contributed by atoms with van der Waals surface area (Å²) in [6.07, 6.45) is 47.1. The minimum absolute atomic E-state index is 0.0941. The van der Waals surface area contributed by atoms with Crippen molar-refractivity contribution < 1.29 is 37.3 Å². The Balaban J connectivity index is 4.07. The third-order valence-corrected chi connectivity index (χ3v) is 12.4. The summed E-state index contributed by atoms with van der Waals surface area (Å²) in [7, 11) is 1.69. The fraction of sp³-hybridized carbons (Fsp3) is 0.980.